The molecule has 0 saturated carbocycles. The molecule has 2 rings (SSSR count). The lowest BCUT2D eigenvalue weighted by atomic mass is 10.1. The largest absolute Gasteiger partial charge is 0.369 e. The fourth-order valence-electron chi connectivity index (χ4n) is 1.56. The van der Waals surface area contributed by atoms with Gasteiger partial charge in [-0.15, -0.1) is 11.3 Å². The molecular weight excluding hydrogens is 234 g/mol. The number of primary amides is 1. The minimum atomic E-state index is -0.350. The van der Waals surface area contributed by atoms with Gasteiger partial charge in [0.05, 0.1) is 6.54 Å². The zero-order valence-electron chi connectivity index (χ0n) is 9.22. The van der Waals surface area contributed by atoms with Gasteiger partial charge in [0, 0.05) is 23.7 Å². The van der Waals surface area contributed by atoms with Gasteiger partial charge < -0.3 is 11.1 Å². The molecule has 0 aliphatic carbocycles. The SMILES string of the molecule is NC(=O)CNCc1ccccc1-c1nccs1. The van der Waals surface area contributed by atoms with Gasteiger partial charge in [0.2, 0.25) is 5.91 Å². The smallest absolute Gasteiger partial charge is 0.231 e. The van der Waals surface area contributed by atoms with E-state index < -0.39 is 0 Å². The average Bonchev–Trinajstić information content (AvgIpc) is 2.82. The predicted octanol–water partition coefficient (Wildman–Crippen LogP) is 1.38. The van der Waals surface area contributed by atoms with Crippen LogP contribution in [0.5, 0.6) is 0 Å². The van der Waals surface area contributed by atoms with E-state index >= 15 is 0 Å². The molecule has 0 atom stereocenters. The van der Waals surface area contributed by atoms with E-state index in [-0.39, 0.29) is 12.5 Å². The summed E-state index contributed by atoms with van der Waals surface area (Å²) in [5, 5.41) is 5.94. The molecule has 5 heteroatoms. The van der Waals surface area contributed by atoms with Crippen LogP contribution < -0.4 is 11.1 Å². The van der Waals surface area contributed by atoms with Gasteiger partial charge in [-0.25, -0.2) is 4.98 Å². The van der Waals surface area contributed by atoms with Crippen molar-refractivity contribution in [1.82, 2.24) is 10.3 Å². The van der Waals surface area contributed by atoms with Gasteiger partial charge in [0.15, 0.2) is 0 Å². The molecule has 0 aliphatic heterocycles. The van der Waals surface area contributed by atoms with Crippen LogP contribution in [0.2, 0.25) is 0 Å². The van der Waals surface area contributed by atoms with Crippen molar-refractivity contribution >= 4 is 17.2 Å². The highest BCUT2D eigenvalue weighted by molar-refractivity contribution is 7.13. The number of carbonyl (C=O) groups is 1. The molecule has 4 nitrogen and oxygen atoms in total. The van der Waals surface area contributed by atoms with E-state index in [4.69, 9.17) is 5.73 Å². The molecule has 0 spiro atoms. The third-order valence-electron chi connectivity index (χ3n) is 2.29. The molecule has 0 unspecified atom stereocenters. The lowest BCUT2D eigenvalue weighted by molar-refractivity contribution is -0.117. The number of rotatable bonds is 5. The van der Waals surface area contributed by atoms with E-state index in [9.17, 15) is 4.79 Å². The van der Waals surface area contributed by atoms with Crippen molar-refractivity contribution in [1.29, 1.82) is 0 Å². The van der Waals surface area contributed by atoms with Crippen molar-refractivity contribution in [3.05, 3.63) is 41.4 Å². The zero-order chi connectivity index (χ0) is 12.1. The standard InChI is InChI=1S/C12H13N3OS/c13-11(16)8-14-7-9-3-1-2-4-10(9)12-15-5-6-17-12/h1-6,14H,7-8H2,(H2,13,16). The normalized spacial score (nSPS) is 10.4. The van der Waals surface area contributed by atoms with Crippen LogP contribution in [0.15, 0.2) is 35.8 Å². The monoisotopic (exact) mass is 247 g/mol. The van der Waals surface area contributed by atoms with E-state index in [1.165, 1.54) is 0 Å². The fourth-order valence-corrected chi connectivity index (χ4v) is 2.26. The Morgan fingerprint density at radius 3 is 2.94 bits per heavy atom. The molecule has 17 heavy (non-hydrogen) atoms. The molecule has 0 radical (unpaired) electrons. The van der Waals surface area contributed by atoms with Gasteiger partial charge in [-0.3, -0.25) is 4.79 Å². The van der Waals surface area contributed by atoms with Gasteiger partial charge >= 0.3 is 0 Å². The first kappa shape index (κ1) is 11.8. The molecule has 88 valence electrons. The quantitative estimate of drug-likeness (QED) is 0.839. The number of carbonyl (C=O) groups excluding carboxylic acids is 1. The van der Waals surface area contributed by atoms with Crippen LogP contribution >= 0.6 is 11.3 Å². The van der Waals surface area contributed by atoms with Gasteiger partial charge in [0.25, 0.3) is 0 Å². The maximum absolute atomic E-state index is 10.7. The van der Waals surface area contributed by atoms with Crippen LogP contribution in [-0.2, 0) is 11.3 Å². The molecule has 0 fully saturated rings. The number of nitrogens with zero attached hydrogens (tertiary/aromatic N) is 1. The molecule has 1 aromatic heterocycles. The van der Waals surface area contributed by atoms with Gasteiger partial charge in [-0.1, -0.05) is 24.3 Å². The molecular formula is C12H13N3OS. The number of nitrogens with two attached hydrogens (primary N) is 1. The van der Waals surface area contributed by atoms with Crippen LogP contribution in [0.1, 0.15) is 5.56 Å². The Hall–Kier alpha value is -1.72. The van der Waals surface area contributed by atoms with E-state index in [0.29, 0.717) is 6.54 Å². The zero-order valence-corrected chi connectivity index (χ0v) is 10.0. The Balaban J connectivity index is 2.14. The first-order valence-corrected chi connectivity index (χ1v) is 6.12. The summed E-state index contributed by atoms with van der Waals surface area (Å²) >= 11 is 1.60. The molecule has 3 N–H and O–H groups in total. The molecule has 2 aromatic rings. The summed E-state index contributed by atoms with van der Waals surface area (Å²) in [5.74, 6) is -0.350. The van der Waals surface area contributed by atoms with Crippen molar-refractivity contribution in [3.63, 3.8) is 0 Å². The van der Waals surface area contributed by atoms with Crippen molar-refractivity contribution in [2.75, 3.05) is 6.54 Å². The maximum atomic E-state index is 10.7. The Bertz CT molecular complexity index is 496. The minimum Gasteiger partial charge on any atom is -0.369 e. The predicted molar refractivity (Wildman–Crippen MR) is 68.5 cm³/mol. The summed E-state index contributed by atoms with van der Waals surface area (Å²) < 4.78 is 0. The second-order valence-corrected chi connectivity index (χ2v) is 4.46. The first-order chi connectivity index (χ1) is 8.27. The summed E-state index contributed by atoms with van der Waals surface area (Å²) in [4.78, 5) is 14.9. The van der Waals surface area contributed by atoms with Crippen LogP contribution in [0.25, 0.3) is 10.6 Å². The van der Waals surface area contributed by atoms with Crippen LogP contribution in [-0.4, -0.2) is 17.4 Å². The van der Waals surface area contributed by atoms with Crippen molar-refractivity contribution in [3.8, 4) is 10.6 Å². The Kier molecular flexibility index (Phi) is 3.85. The topological polar surface area (TPSA) is 68.0 Å². The second kappa shape index (κ2) is 5.56. The molecule has 1 heterocycles. The molecule has 0 bridgehead atoms. The van der Waals surface area contributed by atoms with Crippen LogP contribution in [0.3, 0.4) is 0 Å². The lowest BCUT2D eigenvalue weighted by Gasteiger charge is -2.07. The summed E-state index contributed by atoms with van der Waals surface area (Å²) in [5.41, 5.74) is 7.29. The highest BCUT2D eigenvalue weighted by Crippen LogP contribution is 2.25. The number of nitrogens with one attached hydrogen (secondary N) is 1. The van der Waals surface area contributed by atoms with Crippen molar-refractivity contribution in [2.45, 2.75) is 6.54 Å². The Labute approximate surface area is 103 Å². The minimum absolute atomic E-state index is 0.187. The number of aromatic nitrogens is 1. The van der Waals surface area contributed by atoms with Crippen LogP contribution in [0, 0.1) is 0 Å². The van der Waals surface area contributed by atoms with Crippen molar-refractivity contribution < 1.29 is 4.79 Å². The molecule has 0 aliphatic rings. The lowest BCUT2D eigenvalue weighted by Crippen LogP contribution is -2.28. The van der Waals surface area contributed by atoms with Gasteiger partial charge in [-0.2, -0.15) is 0 Å². The molecule has 1 amide bonds. The van der Waals surface area contributed by atoms with Crippen LogP contribution in [0.4, 0.5) is 0 Å². The Morgan fingerprint density at radius 2 is 2.24 bits per heavy atom. The van der Waals surface area contributed by atoms with Gasteiger partial charge in [-0.05, 0) is 5.56 Å². The van der Waals surface area contributed by atoms with E-state index in [0.717, 1.165) is 16.1 Å². The number of benzene rings is 1. The number of hydrogen-bond donors (Lipinski definition) is 2. The van der Waals surface area contributed by atoms with E-state index in [1.807, 2.05) is 29.6 Å². The third-order valence-corrected chi connectivity index (χ3v) is 3.10. The summed E-state index contributed by atoms with van der Waals surface area (Å²) in [6, 6.07) is 8.00. The second-order valence-electron chi connectivity index (χ2n) is 3.56. The molecule has 1 aromatic carbocycles. The van der Waals surface area contributed by atoms with Gasteiger partial charge in [0.1, 0.15) is 5.01 Å². The highest BCUT2D eigenvalue weighted by atomic mass is 32.1. The van der Waals surface area contributed by atoms with E-state index in [2.05, 4.69) is 10.3 Å². The molecule has 0 saturated heterocycles. The fraction of sp³-hybridized carbons (Fsp3) is 0.167. The Morgan fingerprint density at radius 1 is 1.41 bits per heavy atom. The first-order valence-electron chi connectivity index (χ1n) is 5.24. The summed E-state index contributed by atoms with van der Waals surface area (Å²) in [7, 11) is 0. The number of thiazole rings is 1. The number of hydrogen-bond acceptors (Lipinski definition) is 4. The highest BCUT2D eigenvalue weighted by Gasteiger charge is 2.06. The van der Waals surface area contributed by atoms with Crippen molar-refractivity contribution in [2.24, 2.45) is 5.73 Å². The number of amides is 1. The third kappa shape index (κ3) is 3.12. The van der Waals surface area contributed by atoms with E-state index in [1.54, 1.807) is 17.5 Å². The summed E-state index contributed by atoms with van der Waals surface area (Å²) in [6.45, 7) is 0.797. The maximum Gasteiger partial charge on any atom is 0.231 e. The average molecular weight is 247 g/mol. The summed E-state index contributed by atoms with van der Waals surface area (Å²) in [6.07, 6.45) is 1.79.